The monoisotopic (exact) mass is 267 g/mol. The lowest BCUT2D eigenvalue weighted by Gasteiger charge is -2.17. The summed E-state index contributed by atoms with van der Waals surface area (Å²) in [4.78, 5) is 0. The Balaban J connectivity index is 2.65. The summed E-state index contributed by atoms with van der Waals surface area (Å²) in [6.45, 7) is 4.83. The fourth-order valence-electron chi connectivity index (χ4n) is 1.89. The average molecular weight is 268 g/mol. The second-order valence-electron chi connectivity index (χ2n) is 4.16. The van der Waals surface area contributed by atoms with E-state index < -0.39 is 0 Å². The van der Waals surface area contributed by atoms with Crippen LogP contribution in [0.4, 0.5) is 4.39 Å². The molecule has 3 heteroatoms. The summed E-state index contributed by atoms with van der Waals surface area (Å²) in [5.74, 6) is 5.67. The van der Waals surface area contributed by atoms with Crippen LogP contribution in [0, 0.1) is 17.7 Å². The molecule has 0 aliphatic carbocycles. The van der Waals surface area contributed by atoms with Gasteiger partial charge in [-0.05, 0) is 44.0 Å². The van der Waals surface area contributed by atoms with E-state index in [1.165, 1.54) is 12.1 Å². The summed E-state index contributed by atoms with van der Waals surface area (Å²) in [5.41, 5.74) is 0.980. The van der Waals surface area contributed by atoms with Gasteiger partial charge in [0.2, 0.25) is 0 Å². The highest BCUT2D eigenvalue weighted by Crippen LogP contribution is 2.19. The van der Waals surface area contributed by atoms with Gasteiger partial charge in [-0.1, -0.05) is 24.6 Å². The number of halogens is 2. The van der Waals surface area contributed by atoms with Gasteiger partial charge < -0.3 is 5.32 Å². The standard InChI is InChI=1S/C15H19ClFN/c1-3-5-6-7-14(18-4-2)10-12-8-9-13(17)11-15(12)16/h8-9,11,14,18H,4,6-7,10H2,1-2H3. The lowest BCUT2D eigenvalue weighted by Crippen LogP contribution is -2.30. The SMILES string of the molecule is CC#CCCC(Cc1ccc(F)cc1Cl)NCC. The van der Waals surface area contributed by atoms with Crippen LogP contribution in [0.5, 0.6) is 0 Å². The molecular formula is C15H19ClFN. The van der Waals surface area contributed by atoms with E-state index in [2.05, 4.69) is 24.1 Å². The van der Waals surface area contributed by atoms with Crippen LogP contribution in [0.25, 0.3) is 0 Å². The smallest absolute Gasteiger partial charge is 0.124 e. The Morgan fingerprint density at radius 2 is 2.22 bits per heavy atom. The maximum atomic E-state index is 13.0. The van der Waals surface area contributed by atoms with E-state index in [1.54, 1.807) is 6.07 Å². The van der Waals surface area contributed by atoms with Gasteiger partial charge in [-0.2, -0.15) is 0 Å². The zero-order valence-electron chi connectivity index (χ0n) is 10.9. The molecule has 0 heterocycles. The van der Waals surface area contributed by atoms with Crippen molar-refractivity contribution < 1.29 is 4.39 Å². The van der Waals surface area contributed by atoms with Crippen LogP contribution in [0.3, 0.4) is 0 Å². The first-order chi connectivity index (χ1) is 8.67. The van der Waals surface area contributed by atoms with Crippen molar-refractivity contribution in [3.05, 3.63) is 34.6 Å². The predicted molar refractivity (Wildman–Crippen MR) is 75.3 cm³/mol. The number of rotatable bonds is 6. The van der Waals surface area contributed by atoms with Crippen LogP contribution in [0.1, 0.15) is 32.3 Å². The van der Waals surface area contributed by atoms with Gasteiger partial charge in [0.05, 0.1) is 0 Å². The molecule has 1 aromatic rings. The van der Waals surface area contributed by atoms with E-state index in [1.807, 2.05) is 6.92 Å². The molecule has 0 saturated carbocycles. The molecular weight excluding hydrogens is 249 g/mol. The van der Waals surface area contributed by atoms with Crippen molar-refractivity contribution >= 4 is 11.6 Å². The van der Waals surface area contributed by atoms with Gasteiger partial charge in [0, 0.05) is 17.5 Å². The molecule has 0 radical (unpaired) electrons. The minimum atomic E-state index is -0.291. The molecule has 98 valence electrons. The topological polar surface area (TPSA) is 12.0 Å². The highest BCUT2D eigenvalue weighted by molar-refractivity contribution is 6.31. The maximum Gasteiger partial charge on any atom is 0.124 e. The van der Waals surface area contributed by atoms with Crippen molar-refractivity contribution in [1.29, 1.82) is 0 Å². The Hall–Kier alpha value is -1.04. The van der Waals surface area contributed by atoms with Gasteiger partial charge in [-0.25, -0.2) is 4.39 Å². The Kier molecular flexibility index (Phi) is 6.78. The summed E-state index contributed by atoms with van der Waals surface area (Å²) in [7, 11) is 0. The van der Waals surface area contributed by atoms with Crippen LogP contribution in [0.15, 0.2) is 18.2 Å². The van der Waals surface area contributed by atoms with Crippen LogP contribution in [-0.4, -0.2) is 12.6 Å². The third kappa shape index (κ3) is 5.08. The summed E-state index contributed by atoms with van der Waals surface area (Å²) in [5, 5.41) is 3.91. The molecule has 1 aromatic carbocycles. The van der Waals surface area contributed by atoms with Crippen molar-refractivity contribution in [2.75, 3.05) is 6.54 Å². The van der Waals surface area contributed by atoms with Crippen LogP contribution >= 0.6 is 11.6 Å². The van der Waals surface area contributed by atoms with Gasteiger partial charge in [0.15, 0.2) is 0 Å². The summed E-state index contributed by atoms with van der Waals surface area (Å²) in [6, 6.07) is 4.91. The van der Waals surface area contributed by atoms with Crippen LogP contribution < -0.4 is 5.32 Å². The minimum Gasteiger partial charge on any atom is -0.314 e. The minimum absolute atomic E-state index is 0.291. The van der Waals surface area contributed by atoms with Crippen molar-refractivity contribution in [1.82, 2.24) is 5.32 Å². The van der Waals surface area contributed by atoms with Crippen molar-refractivity contribution in [2.45, 2.75) is 39.2 Å². The molecule has 0 aromatic heterocycles. The first-order valence-corrected chi connectivity index (χ1v) is 6.62. The zero-order chi connectivity index (χ0) is 13.4. The lowest BCUT2D eigenvalue weighted by molar-refractivity contribution is 0.497. The molecule has 0 spiro atoms. The van der Waals surface area contributed by atoms with Crippen molar-refractivity contribution in [2.24, 2.45) is 0 Å². The molecule has 0 aliphatic rings. The average Bonchev–Trinajstić information content (AvgIpc) is 2.33. The third-order valence-corrected chi connectivity index (χ3v) is 3.12. The second kappa shape index (κ2) is 8.13. The Morgan fingerprint density at radius 1 is 1.44 bits per heavy atom. The van der Waals surface area contributed by atoms with E-state index in [-0.39, 0.29) is 5.82 Å². The van der Waals surface area contributed by atoms with Gasteiger partial charge in [-0.3, -0.25) is 0 Å². The summed E-state index contributed by atoms with van der Waals surface area (Å²) >= 11 is 6.04. The number of hydrogen-bond acceptors (Lipinski definition) is 1. The third-order valence-electron chi connectivity index (χ3n) is 2.77. The first-order valence-electron chi connectivity index (χ1n) is 6.24. The predicted octanol–water partition coefficient (Wildman–Crippen LogP) is 3.80. The summed E-state index contributed by atoms with van der Waals surface area (Å²) in [6.07, 6.45) is 2.65. The molecule has 1 nitrogen and oxygen atoms in total. The zero-order valence-corrected chi connectivity index (χ0v) is 11.6. The second-order valence-corrected chi connectivity index (χ2v) is 4.57. The highest BCUT2D eigenvalue weighted by atomic mass is 35.5. The number of nitrogens with one attached hydrogen (secondary N) is 1. The van der Waals surface area contributed by atoms with E-state index in [0.717, 1.165) is 31.4 Å². The molecule has 18 heavy (non-hydrogen) atoms. The van der Waals surface area contributed by atoms with E-state index >= 15 is 0 Å². The van der Waals surface area contributed by atoms with Crippen molar-refractivity contribution in [3.8, 4) is 11.8 Å². The Morgan fingerprint density at radius 3 is 2.83 bits per heavy atom. The maximum absolute atomic E-state index is 13.0. The largest absolute Gasteiger partial charge is 0.314 e. The molecule has 0 aliphatic heterocycles. The molecule has 1 rings (SSSR count). The summed E-state index contributed by atoms with van der Waals surface area (Å²) < 4.78 is 13.0. The molecule has 1 unspecified atom stereocenters. The van der Waals surface area contributed by atoms with Gasteiger partial charge in [0.25, 0.3) is 0 Å². The van der Waals surface area contributed by atoms with Gasteiger partial charge in [0.1, 0.15) is 5.82 Å². The molecule has 0 saturated heterocycles. The molecule has 0 amide bonds. The van der Waals surface area contributed by atoms with E-state index in [4.69, 9.17) is 11.6 Å². The highest BCUT2D eigenvalue weighted by Gasteiger charge is 2.10. The lowest BCUT2D eigenvalue weighted by atomic mass is 10.0. The quantitative estimate of drug-likeness (QED) is 0.773. The Labute approximate surface area is 114 Å². The van der Waals surface area contributed by atoms with E-state index in [0.29, 0.717) is 11.1 Å². The van der Waals surface area contributed by atoms with Gasteiger partial charge in [-0.15, -0.1) is 11.8 Å². The van der Waals surface area contributed by atoms with E-state index in [9.17, 15) is 4.39 Å². The number of hydrogen-bond donors (Lipinski definition) is 1. The normalized spacial score (nSPS) is 11.8. The fraction of sp³-hybridized carbons (Fsp3) is 0.467. The molecule has 0 bridgehead atoms. The first kappa shape index (κ1) is 15.0. The molecule has 1 N–H and O–H groups in total. The molecule has 0 fully saturated rings. The van der Waals surface area contributed by atoms with Crippen LogP contribution in [-0.2, 0) is 6.42 Å². The number of benzene rings is 1. The fourth-order valence-corrected chi connectivity index (χ4v) is 2.13. The van der Waals surface area contributed by atoms with Crippen molar-refractivity contribution in [3.63, 3.8) is 0 Å². The van der Waals surface area contributed by atoms with Crippen LogP contribution in [0.2, 0.25) is 5.02 Å². The molecule has 1 atom stereocenters. The van der Waals surface area contributed by atoms with Gasteiger partial charge >= 0.3 is 0 Å². The number of likely N-dealkylation sites (N-methyl/N-ethyl adjacent to an activating group) is 1. The Bertz CT molecular complexity index is 434.